The molecule has 5 heteroatoms. The third-order valence-electron chi connectivity index (χ3n) is 0.949. The first-order valence-electron chi connectivity index (χ1n) is 2.77. The summed E-state index contributed by atoms with van der Waals surface area (Å²) in [7, 11) is 0. The molecule has 1 rings (SSSR count). The van der Waals surface area contributed by atoms with Crippen LogP contribution >= 0.6 is 0 Å². The van der Waals surface area contributed by atoms with Crippen LogP contribution in [-0.2, 0) is 5.54 Å². The summed E-state index contributed by atoms with van der Waals surface area (Å²) in [6.07, 6.45) is 2.62. The monoisotopic (exact) mass is 210 g/mol. The van der Waals surface area contributed by atoms with Gasteiger partial charge < -0.3 is 9.78 Å². The predicted octanol–water partition coefficient (Wildman–Crippen LogP) is -2.77. The average molecular weight is 211 g/mol. The Hall–Kier alpha value is 0.875. The van der Waals surface area contributed by atoms with Crippen molar-refractivity contribution in [2.24, 2.45) is 0 Å². The van der Waals surface area contributed by atoms with E-state index in [4.69, 9.17) is 0 Å². The van der Waals surface area contributed by atoms with Crippen LogP contribution in [-0.4, -0.2) is 20.2 Å². The van der Waals surface area contributed by atoms with Crippen LogP contribution in [0.4, 0.5) is 0 Å². The molecular weight excluding hydrogens is 202 g/mol. The zero-order valence-corrected chi connectivity index (χ0v) is 11.7. The molecule has 1 aromatic rings. The average Bonchev–Trinajstić information content (AvgIpc) is 2.08. The Balaban J connectivity index is 0.000000810. The van der Waals surface area contributed by atoms with Crippen molar-refractivity contribution >= 4 is 0 Å². The molecule has 0 N–H and O–H groups in total. The molecule has 0 saturated heterocycles. The summed E-state index contributed by atoms with van der Waals surface area (Å²) in [5.74, 6) is 0. The summed E-state index contributed by atoms with van der Waals surface area (Å²) in [4.78, 5) is 0. The third-order valence-corrected chi connectivity index (χ3v) is 0.949. The zero-order valence-electron chi connectivity index (χ0n) is 6.79. The second-order valence-electron chi connectivity index (χ2n) is 2.86. The Morgan fingerprint density at radius 1 is 1.30 bits per heavy atom. The van der Waals surface area contributed by atoms with Crippen LogP contribution in [0.15, 0.2) is 0 Å². The molecule has 0 atom stereocenters. The molecule has 0 spiro atoms. The minimum Gasteiger partial charge on any atom is -0.403 e. The maximum absolute atomic E-state index is 3.69. The van der Waals surface area contributed by atoms with Gasteiger partial charge in [0.05, 0.1) is 0 Å². The Kier molecular flexibility index (Phi) is 4.39. The normalized spacial score (nSPS) is 10.7. The molecule has 1 heterocycles. The fourth-order valence-electron chi connectivity index (χ4n) is 0.427. The van der Waals surface area contributed by atoms with Gasteiger partial charge in [0.25, 0.3) is 0 Å². The number of aromatic nitrogens is 4. The van der Waals surface area contributed by atoms with Crippen molar-refractivity contribution in [3.8, 4) is 0 Å². The van der Waals surface area contributed by atoms with Crippen molar-refractivity contribution in [1.82, 2.24) is 20.2 Å². The van der Waals surface area contributed by atoms with E-state index in [1.54, 1.807) is 4.68 Å². The molecule has 0 radical (unpaired) electrons. The number of tetrazole rings is 1. The minimum absolute atomic E-state index is 0. The SMILES string of the molecule is CC(C)(C)n1[c-]nnn1.[Rb+]. The van der Waals surface area contributed by atoms with Crippen LogP contribution in [0.1, 0.15) is 20.8 Å². The minimum atomic E-state index is -0.0521. The van der Waals surface area contributed by atoms with Crippen molar-refractivity contribution < 1.29 is 58.2 Å². The molecule has 0 aromatic carbocycles. The van der Waals surface area contributed by atoms with Crippen molar-refractivity contribution in [1.29, 1.82) is 0 Å². The van der Waals surface area contributed by atoms with E-state index in [2.05, 4.69) is 21.9 Å². The summed E-state index contributed by atoms with van der Waals surface area (Å²) in [5, 5.41) is 10.5. The van der Waals surface area contributed by atoms with E-state index in [9.17, 15) is 0 Å². The fraction of sp³-hybridized carbons (Fsp3) is 0.800. The molecule has 0 aliphatic heterocycles. The second kappa shape index (κ2) is 4.04. The maximum atomic E-state index is 3.69. The summed E-state index contributed by atoms with van der Waals surface area (Å²) in [6.45, 7) is 6.04. The van der Waals surface area contributed by atoms with Crippen LogP contribution < -0.4 is 58.2 Å². The summed E-state index contributed by atoms with van der Waals surface area (Å²) < 4.78 is 1.59. The number of hydrogen-bond acceptors (Lipinski definition) is 3. The van der Waals surface area contributed by atoms with E-state index in [-0.39, 0.29) is 63.7 Å². The van der Waals surface area contributed by atoms with E-state index in [0.29, 0.717) is 0 Å². The molecule has 0 bridgehead atoms. The molecule has 0 amide bonds. The van der Waals surface area contributed by atoms with Crippen LogP contribution in [0.25, 0.3) is 0 Å². The van der Waals surface area contributed by atoms with Gasteiger partial charge in [0.1, 0.15) is 0 Å². The van der Waals surface area contributed by atoms with E-state index >= 15 is 0 Å². The first-order valence-corrected chi connectivity index (χ1v) is 2.77. The van der Waals surface area contributed by atoms with Crippen LogP contribution in [0.5, 0.6) is 0 Å². The Morgan fingerprint density at radius 2 is 1.90 bits per heavy atom. The van der Waals surface area contributed by atoms with Crippen molar-refractivity contribution in [2.75, 3.05) is 0 Å². The van der Waals surface area contributed by atoms with Gasteiger partial charge in [-0.1, -0.05) is 10.4 Å². The van der Waals surface area contributed by atoms with Gasteiger partial charge in [-0.15, -0.1) is 0 Å². The van der Waals surface area contributed by atoms with Crippen LogP contribution in [0.3, 0.4) is 0 Å². The van der Waals surface area contributed by atoms with Crippen LogP contribution in [0, 0.1) is 6.33 Å². The van der Waals surface area contributed by atoms with Gasteiger partial charge in [0.15, 0.2) is 0 Å². The number of hydrogen-bond donors (Lipinski definition) is 0. The summed E-state index contributed by atoms with van der Waals surface area (Å²) in [6, 6.07) is 0. The molecule has 1 aromatic heterocycles. The number of nitrogens with zero attached hydrogens (tertiary/aromatic N) is 4. The van der Waals surface area contributed by atoms with Gasteiger partial charge in [-0.05, 0) is 20.8 Å². The maximum Gasteiger partial charge on any atom is 1.00 e. The van der Waals surface area contributed by atoms with Gasteiger partial charge in [0, 0.05) is 5.54 Å². The second-order valence-corrected chi connectivity index (χ2v) is 2.86. The van der Waals surface area contributed by atoms with E-state index in [1.807, 2.05) is 20.8 Å². The molecule has 4 nitrogen and oxygen atoms in total. The van der Waals surface area contributed by atoms with Crippen LogP contribution in [0.2, 0.25) is 0 Å². The topological polar surface area (TPSA) is 43.6 Å². The van der Waals surface area contributed by atoms with Gasteiger partial charge in [0.2, 0.25) is 0 Å². The molecule has 0 fully saturated rings. The fourth-order valence-corrected chi connectivity index (χ4v) is 0.427. The van der Waals surface area contributed by atoms with E-state index < -0.39 is 0 Å². The summed E-state index contributed by atoms with van der Waals surface area (Å²) in [5.41, 5.74) is -0.0521. The van der Waals surface area contributed by atoms with Crippen molar-refractivity contribution in [2.45, 2.75) is 26.3 Å². The molecular formula is C5H9N4Rb. The van der Waals surface area contributed by atoms with Gasteiger partial charge in [-0.25, -0.2) is 6.33 Å². The van der Waals surface area contributed by atoms with Crippen molar-refractivity contribution in [3.05, 3.63) is 6.33 Å². The first-order chi connectivity index (χ1) is 4.11. The molecule has 0 saturated carbocycles. The van der Waals surface area contributed by atoms with Gasteiger partial charge in [-0.3, -0.25) is 0 Å². The first kappa shape index (κ1) is 10.9. The Morgan fingerprint density at radius 3 is 2.10 bits per heavy atom. The third kappa shape index (κ3) is 2.86. The molecule has 0 aliphatic carbocycles. The zero-order chi connectivity index (χ0) is 6.91. The standard InChI is InChI=1S/C5H9N4.Rb/c1-5(2,3)9-4-6-7-8-9;/h1-3H3;/q-1;+1. The summed E-state index contributed by atoms with van der Waals surface area (Å²) >= 11 is 0. The van der Waals surface area contributed by atoms with Gasteiger partial charge >= 0.3 is 58.2 Å². The van der Waals surface area contributed by atoms with E-state index in [1.165, 1.54) is 0 Å². The quantitative estimate of drug-likeness (QED) is 0.436. The molecule has 0 unspecified atom stereocenters. The van der Waals surface area contributed by atoms with E-state index in [0.717, 1.165) is 0 Å². The van der Waals surface area contributed by atoms with Gasteiger partial charge in [-0.2, -0.15) is 0 Å². The smallest absolute Gasteiger partial charge is 0.403 e. The Labute approximate surface area is 109 Å². The molecule has 50 valence electrons. The number of rotatable bonds is 0. The molecule has 10 heavy (non-hydrogen) atoms. The molecule has 0 aliphatic rings. The Bertz CT molecular complexity index is 176. The van der Waals surface area contributed by atoms with Crippen molar-refractivity contribution in [3.63, 3.8) is 0 Å². The largest absolute Gasteiger partial charge is 1.00 e. The predicted molar refractivity (Wildman–Crippen MR) is 31.6 cm³/mol.